The standard InChI is InChI=1S/C26H33N3O3S/c1-6-21-23(25(31)32-5)24(20-11-10-16(2)13-17(20)3)29-19(15-33-26(29)27-21)14-22(30)28-12-8-7-9-18(28)4/h10-11,13,15,18,24H,6-9,12,14H2,1-5H3/t18-,24-/m1/s1. The molecule has 0 spiro atoms. The van der Waals surface area contributed by atoms with E-state index >= 15 is 0 Å². The number of likely N-dealkylation sites (tertiary alicyclic amines) is 1. The first kappa shape index (κ1) is 23.6. The Bertz CT molecular complexity index is 1060. The zero-order valence-electron chi connectivity index (χ0n) is 20.2. The zero-order chi connectivity index (χ0) is 23.7. The van der Waals surface area contributed by atoms with Crippen LogP contribution in [0.1, 0.15) is 68.7 Å². The molecule has 0 radical (unpaired) electrons. The smallest absolute Gasteiger partial charge is 0.338 e. The van der Waals surface area contributed by atoms with Gasteiger partial charge in [-0.25, -0.2) is 9.79 Å². The fourth-order valence-electron chi connectivity index (χ4n) is 5.06. The summed E-state index contributed by atoms with van der Waals surface area (Å²) in [5, 5.41) is 2.84. The number of methoxy groups -OCH3 is 1. The molecule has 4 rings (SSSR count). The van der Waals surface area contributed by atoms with Crippen molar-refractivity contribution in [2.24, 2.45) is 4.99 Å². The van der Waals surface area contributed by atoms with Gasteiger partial charge in [0.1, 0.15) is 0 Å². The summed E-state index contributed by atoms with van der Waals surface area (Å²) in [7, 11) is 1.41. The molecule has 1 fully saturated rings. The van der Waals surface area contributed by atoms with E-state index in [1.165, 1.54) is 30.9 Å². The maximum Gasteiger partial charge on any atom is 0.338 e. The minimum atomic E-state index is -0.369. The topological polar surface area (TPSA) is 62.2 Å². The van der Waals surface area contributed by atoms with Gasteiger partial charge in [0, 0.05) is 18.3 Å². The number of carbonyl (C=O) groups is 2. The van der Waals surface area contributed by atoms with E-state index in [0.717, 1.165) is 47.1 Å². The van der Waals surface area contributed by atoms with Crippen molar-refractivity contribution in [2.45, 2.75) is 71.9 Å². The molecule has 1 aromatic rings. The van der Waals surface area contributed by atoms with Crippen LogP contribution in [0.3, 0.4) is 0 Å². The van der Waals surface area contributed by atoms with Crippen LogP contribution in [-0.2, 0) is 14.3 Å². The molecule has 1 saturated heterocycles. The number of aryl methyl sites for hydroxylation is 2. The molecule has 0 N–H and O–H groups in total. The Labute approximate surface area is 200 Å². The molecule has 176 valence electrons. The minimum Gasteiger partial charge on any atom is -0.466 e. The SMILES string of the molecule is CCC1=C(C(=O)OC)[C@@H](c2ccc(C)cc2C)N2C(CC(=O)N3CCCC[C@H]3C)=CSC2=N1. The van der Waals surface area contributed by atoms with Crippen LogP contribution in [0.25, 0.3) is 0 Å². The quantitative estimate of drug-likeness (QED) is 0.555. The average Bonchev–Trinajstić information content (AvgIpc) is 3.20. The van der Waals surface area contributed by atoms with Crippen molar-refractivity contribution in [3.05, 3.63) is 57.3 Å². The van der Waals surface area contributed by atoms with Crippen molar-refractivity contribution in [2.75, 3.05) is 13.7 Å². The number of carbonyl (C=O) groups excluding carboxylic acids is 2. The lowest BCUT2D eigenvalue weighted by molar-refractivity contribution is -0.136. The van der Waals surface area contributed by atoms with Gasteiger partial charge in [0.15, 0.2) is 5.17 Å². The molecular weight excluding hydrogens is 434 g/mol. The third-order valence-electron chi connectivity index (χ3n) is 6.80. The van der Waals surface area contributed by atoms with Gasteiger partial charge in [-0.1, -0.05) is 42.4 Å². The molecule has 7 heteroatoms. The van der Waals surface area contributed by atoms with Crippen LogP contribution in [0.5, 0.6) is 0 Å². The molecule has 1 aromatic carbocycles. The first-order chi connectivity index (χ1) is 15.8. The van der Waals surface area contributed by atoms with E-state index in [2.05, 4.69) is 43.9 Å². The van der Waals surface area contributed by atoms with Gasteiger partial charge in [-0.05, 0) is 63.0 Å². The Morgan fingerprint density at radius 1 is 1.24 bits per heavy atom. The van der Waals surface area contributed by atoms with Crippen molar-refractivity contribution in [1.82, 2.24) is 9.80 Å². The van der Waals surface area contributed by atoms with Crippen LogP contribution in [0.4, 0.5) is 0 Å². The highest BCUT2D eigenvalue weighted by Gasteiger charge is 2.42. The van der Waals surface area contributed by atoms with Crippen molar-refractivity contribution in [3.63, 3.8) is 0 Å². The van der Waals surface area contributed by atoms with E-state index in [4.69, 9.17) is 9.73 Å². The maximum atomic E-state index is 13.3. The number of piperidine rings is 1. The summed E-state index contributed by atoms with van der Waals surface area (Å²) >= 11 is 1.53. The Hall–Kier alpha value is -2.54. The van der Waals surface area contributed by atoms with Gasteiger partial charge in [-0.2, -0.15) is 0 Å². The summed E-state index contributed by atoms with van der Waals surface area (Å²) in [5.74, 6) is -0.230. The summed E-state index contributed by atoms with van der Waals surface area (Å²) in [6.07, 6.45) is 4.21. The van der Waals surface area contributed by atoms with Gasteiger partial charge in [-0.15, -0.1) is 0 Å². The van der Waals surface area contributed by atoms with Gasteiger partial charge in [0.05, 0.1) is 30.8 Å². The van der Waals surface area contributed by atoms with Crippen LogP contribution in [0, 0.1) is 13.8 Å². The molecule has 0 saturated carbocycles. The predicted molar refractivity (Wildman–Crippen MR) is 133 cm³/mol. The fourth-order valence-corrected chi connectivity index (χ4v) is 6.00. The van der Waals surface area contributed by atoms with E-state index in [1.54, 1.807) is 0 Å². The van der Waals surface area contributed by atoms with E-state index in [1.807, 2.05) is 17.2 Å². The van der Waals surface area contributed by atoms with Crippen LogP contribution in [0.2, 0.25) is 0 Å². The van der Waals surface area contributed by atoms with Crippen molar-refractivity contribution in [1.29, 1.82) is 0 Å². The molecule has 33 heavy (non-hydrogen) atoms. The number of amides is 1. The van der Waals surface area contributed by atoms with Gasteiger partial charge >= 0.3 is 5.97 Å². The monoisotopic (exact) mass is 467 g/mol. The number of hydrogen-bond acceptors (Lipinski definition) is 6. The predicted octanol–water partition coefficient (Wildman–Crippen LogP) is 5.23. The number of amidine groups is 1. The second kappa shape index (κ2) is 9.75. The van der Waals surface area contributed by atoms with Crippen molar-refractivity contribution in [3.8, 4) is 0 Å². The molecule has 3 heterocycles. The molecule has 0 bridgehead atoms. The number of rotatable bonds is 5. The van der Waals surface area contributed by atoms with Gasteiger partial charge in [0.25, 0.3) is 0 Å². The normalized spacial score (nSPS) is 22.7. The highest BCUT2D eigenvalue weighted by molar-refractivity contribution is 8.16. The van der Waals surface area contributed by atoms with Gasteiger partial charge in [0.2, 0.25) is 5.91 Å². The van der Waals surface area contributed by atoms with Gasteiger partial charge < -0.3 is 14.5 Å². The molecule has 6 nitrogen and oxygen atoms in total. The Kier molecular flexibility index (Phi) is 6.98. The fraction of sp³-hybridized carbons (Fsp3) is 0.500. The average molecular weight is 468 g/mol. The van der Waals surface area contributed by atoms with Crippen LogP contribution >= 0.6 is 11.8 Å². The number of nitrogens with zero attached hydrogens (tertiary/aromatic N) is 3. The first-order valence-corrected chi connectivity index (χ1v) is 12.6. The molecular formula is C26H33N3O3S. The summed E-state index contributed by atoms with van der Waals surface area (Å²) in [6, 6.07) is 6.19. The minimum absolute atomic E-state index is 0.138. The summed E-state index contributed by atoms with van der Waals surface area (Å²) in [6.45, 7) is 9.09. The summed E-state index contributed by atoms with van der Waals surface area (Å²) in [4.78, 5) is 35.2. The highest BCUT2D eigenvalue weighted by atomic mass is 32.2. The highest BCUT2D eigenvalue weighted by Crippen LogP contribution is 2.46. The Balaban J connectivity index is 1.75. The molecule has 1 amide bonds. The maximum absolute atomic E-state index is 13.3. The van der Waals surface area contributed by atoms with Gasteiger partial charge in [-0.3, -0.25) is 4.79 Å². The molecule has 3 aliphatic rings. The van der Waals surface area contributed by atoms with Crippen LogP contribution in [0.15, 0.2) is 45.6 Å². The summed E-state index contributed by atoms with van der Waals surface area (Å²) < 4.78 is 5.22. The second-order valence-electron chi connectivity index (χ2n) is 9.07. The molecule has 2 atom stereocenters. The zero-order valence-corrected chi connectivity index (χ0v) is 21.0. The van der Waals surface area contributed by atoms with E-state index in [0.29, 0.717) is 18.4 Å². The van der Waals surface area contributed by atoms with Crippen LogP contribution in [-0.4, -0.2) is 46.5 Å². The van der Waals surface area contributed by atoms with Crippen molar-refractivity contribution >= 4 is 28.8 Å². The first-order valence-electron chi connectivity index (χ1n) is 11.8. The second-order valence-corrected chi connectivity index (χ2v) is 9.90. The molecule has 3 aliphatic heterocycles. The number of fused-ring (bicyclic) bond motifs is 1. The van der Waals surface area contributed by atoms with E-state index in [-0.39, 0.29) is 24.0 Å². The molecule has 0 aliphatic carbocycles. The lowest BCUT2D eigenvalue weighted by atomic mass is 9.89. The molecule has 0 aromatic heterocycles. The van der Waals surface area contributed by atoms with Crippen LogP contribution < -0.4 is 0 Å². The third kappa shape index (κ3) is 4.47. The van der Waals surface area contributed by atoms with E-state index < -0.39 is 0 Å². The van der Waals surface area contributed by atoms with E-state index in [9.17, 15) is 9.59 Å². The number of thioether (sulfide) groups is 1. The lowest BCUT2D eigenvalue weighted by Gasteiger charge is -2.38. The number of benzene rings is 1. The number of hydrogen-bond donors (Lipinski definition) is 0. The Morgan fingerprint density at radius 2 is 2.03 bits per heavy atom. The van der Waals surface area contributed by atoms with Crippen molar-refractivity contribution < 1.29 is 14.3 Å². The number of ether oxygens (including phenoxy) is 1. The number of allylic oxidation sites excluding steroid dienone is 1. The lowest BCUT2D eigenvalue weighted by Crippen LogP contribution is -2.43. The number of esters is 1. The summed E-state index contributed by atoms with van der Waals surface area (Å²) in [5.41, 5.74) is 5.50. The third-order valence-corrected chi connectivity index (χ3v) is 7.69. The molecule has 0 unspecified atom stereocenters. The Morgan fingerprint density at radius 3 is 2.70 bits per heavy atom. The number of aliphatic imine (C=N–C) groups is 1. The largest absolute Gasteiger partial charge is 0.466 e.